The van der Waals surface area contributed by atoms with E-state index in [1.165, 1.54) is 12.1 Å². The van der Waals surface area contributed by atoms with Gasteiger partial charge in [0.1, 0.15) is 5.69 Å². The molecule has 102 valence electrons. The predicted molar refractivity (Wildman–Crippen MR) is 80.5 cm³/mol. The minimum Gasteiger partial charge on any atom is -0.364 e. The molecule has 20 heavy (non-hydrogen) atoms. The van der Waals surface area contributed by atoms with E-state index in [-0.39, 0.29) is 11.5 Å². The third-order valence-corrected chi connectivity index (χ3v) is 3.75. The largest absolute Gasteiger partial charge is 0.364 e. The van der Waals surface area contributed by atoms with Crippen molar-refractivity contribution in [3.8, 4) is 0 Å². The molecule has 2 N–H and O–H groups in total. The van der Waals surface area contributed by atoms with Crippen molar-refractivity contribution >= 4 is 52.5 Å². The third-order valence-electron chi connectivity index (χ3n) is 2.38. The Morgan fingerprint density at radius 3 is 2.60 bits per heavy atom. The van der Waals surface area contributed by atoms with Gasteiger partial charge in [0.05, 0.1) is 4.88 Å². The van der Waals surface area contributed by atoms with Gasteiger partial charge in [-0.05, 0) is 47.4 Å². The van der Waals surface area contributed by atoms with Gasteiger partial charge in [0.25, 0.3) is 5.91 Å². The lowest BCUT2D eigenvalue weighted by molar-refractivity contribution is 0.0996. The van der Waals surface area contributed by atoms with Crippen LogP contribution >= 0.6 is 34.7 Å². The number of hydrogen-bond acceptors (Lipinski definition) is 4. The Kier molecular flexibility index (Phi) is 4.54. The minimum absolute atomic E-state index is 0.0799. The third kappa shape index (κ3) is 3.45. The molecule has 4 nitrogen and oxygen atoms in total. The van der Waals surface area contributed by atoms with Crippen LogP contribution in [-0.2, 0) is 0 Å². The quantitative estimate of drug-likeness (QED) is 0.690. The van der Waals surface area contributed by atoms with Gasteiger partial charge in [0.15, 0.2) is 5.78 Å². The summed E-state index contributed by atoms with van der Waals surface area (Å²) in [5, 5.41) is 0.968. The second-order valence-corrected chi connectivity index (χ2v) is 5.45. The molecule has 0 aliphatic heterocycles. The van der Waals surface area contributed by atoms with Crippen LogP contribution < -0.4 is 5.73 Å². The maximum Gasteiger partial charge on any atom is 0.268 e. The molecule has 0 aliphatic carbocycles. The first-order valence-corrected chi connectivity index (χ1v) is 6.94. The van der Waals surface area contributed by atoms with Crippen molar-refractivity contribution in [3.05, 3.63) is 56.5 Å². The number of halogens is 2. The molecule has 0 unspecified atom stereocenters. The fourth-order valence-corrected chi connectivity index (χ4v) is 2.52. The standard InChI is InChI=1S/C13H8Cl2N2O2S/c14-8-3-1-7(9(15)5-8)2-4-11(18)12-6-10(13(16)19)17-20-12/h1-6H,(H2,16,19)/b4-2+. The van der Waals surface area contributed by atoms with Crippen LogP contribution in [0.25, 0.3) is 6.08 Å². The number of ketones is 1. The summed E-state index contributed by atoms with van der Waals surface area (Å²) in [6.45, 7) is 0. The highest BCUT2D eigenvalue weighted by atomic mass is 35.5. The molecule has 2 aromatic rings. The van der Waals surface area contributed by atoms with Crippen LogP contribution in [0.4, 0.5) is 0 Å². The lowest BCUT2D eigenvalue weighted by atomic mass is 10.2. The molecule has 0 fully saturated rings. The van der Waals surface area contributed by atoms with Crippen LogP contribution in [0.2, 0.25) is 10.0 Å². The molecule has 0 saturated heterocycles. The van der Waals surface area contributed by atoms with Gasteiger partial charge < -0.3 is 5.73 Å². The maximum atomic E-state index is 11.9. The average Bonchev–Trinajstić information content (AvgIpc) is 2.87. The number of carbonyl (C=O) groups excluding carboxylic acids is 2. The number of nitrogens with zero attached hydrogens (tertiary/aromatic N) is 1. The summed E-state index contributed by atoms with van der Waals surface area (Å²) >= 11 is 12.7. The number of primary amides is 1. The highest BCUT2D eigenvalue weighted by Crippen LogP contribution is 2.22. The van der Waals surface area contributed by atoms with Crippen LogP contribution in [0.1, 0.15) is 25.7 Å². The summed E-state index contributed by atoms with van der Waals surface area (Å²) in [7, 11) is 0. The van der Waals surface area contributed by atoms with Gasteiger partial charge in [0.2, 0.25) is 0 Å². The fraction of sp³-hybridized carbons (Fsp3) is 0. The number of amides is 1. The molecule has 2 rings (SSSR count). The molecule has 1 amide bonds. The zero-order valence-corrected chi connectivity index (χ0v) is 12.3. The van der Waals surface area contributed by atoms with E-state index in [0.29, 0.717) is 20.5 Å². The summed E-state index contributed by atoms with van der Waals surface area (Å²) in [5.41, 5.74) is 5.82. The van der Waals surface area contributed by atoms with E-state index in [1.54, 1.807) is 24.3 Å². The van der Waals surface area contributed by atoms with Crippen molar-refractivity contribution in [1.82, 2.24) is 4.37 Å². The van der Waals surface area contributed by atoms with Crippen LogP contribution in [0.3, 0.4) is 0 Å². The van der Waals surface area contributed by atoms with E-state index in [4.69, 9.17) is 28.9 Å². The molecule has 1 heterocycles. The second-order valence-electron chi connectivity index (χ2n) is 3.80. The first-order chi connectivity index (χ1) is 9.47. The first-order valence-electron chi connectivity index (χ1n) is 5.41. The van der Waals surface area contributed by atoms with Gasteiger partial charge in [-0.2, -0.15) is 4.37 Å². The van der Waals surface area contributed by atoms with Crippen molar-refractivity contribution < 1.29 is 9.59 Å². The van der Waals surface area contributed by atoms with Crippen molar-refractivity contribution in [2.75, 3.05) is 0 Å². The molecular weight excluding hydrogens is 319 g/mol. The van der Waals surface area contributed by atoms with E-state index < -0.39 is 5.91 Å². The maximum absolute atomic E-state index is 11.9. The normalized spacial score (nSPS) is 10.9. The number of allylic oxidation sites excluding steroid dienone is 1. The summed E-state index contributed by atoms with van der Waals surface area (Å²) in [5.74, 6) is -0.939. The summed E-state index contributed by atoms with van der Waals surface area (Å²) < 4.78 is 3.79. The van der Waals surface area contributed by atoms with Gasteiger partial charge in [-0.1, -0.05) is 29.3 Å². The topological polar surface area (TPSA) is 73.1 Å². The van der Waals surface area contributed by atoms with E-state index in [1.807, 2.05) is 0 Å². The van der Waals surface area contributed by atoms with Crippen molar-refractivity contribution in [3.63, 3.8) is 0 Å². The summed E-state index contributed by atoms with van der Waals surface area (Å²) in [6.07, 6.45) is 2.93. The Hall–Kier alpha value is -1.69. The SMILES string of the molecule is NC(=O)c1cc(C(=O)/C=C/c2ccc(Cl)cc2Cl)sn1. The number of nitrogens with two attached hydrogens (primary N) is 1. The van der Waals surface area contributed by atoms with Crippen LogP contribution in [0.5, 0.6) is 0 Å². The lowest BCUT2D eigenvalue weighted by Crippen LogP contribution is -2.10. The van der Waals surface area contributed by atoms with Crippen LogP contribution in [0.15, 0.2) is 30.3 Å². The molecule has 0 radical (unpaired) electrons. The Bertz CT molecular complexity index is 710. The molecule has 1 aromatic carbocycles. The van der Waals surface area contributed by atoms with Gasteiger partial charge >= 0.3 is 0 Å². The van der Waals surface area contributed by atoms with Gasteiger partial charge in [-0.15, -0.1) is 0 Å². The molecule has 0 atom stereocenters. The van der Waals surface area contributed by atoms with E-state index >= 15 is 0 Å². The van der Waals surface area contributed by atoms with Crippen LogP contribution in [0, 0.1) is 0 Å². The van der Waals surface area contributed by atoms with E-state index in [9.17, 15) is 9.59 Å². The Labute approximate surface area is 129 Å². The van der Waals surface area contributed by atoms with E-state index in [2.05, 4.69) is 4.37 Å². The van der Waals surface area contributed by atoms with Gasteiger partial charge in [-0.3, -0.25) is 9.59 Å². The predicted octanol–water partition coefficient (Wildman–Crippen LogP) is 3.44. The molecule has 0 aliphatic rings. The average molecular weight is 327 g/mol. The molecule has 0 bridgehead atoms. The monoisotopic (exact) mass is 326 g/mol. The summed E-state index contributed by atoms with van der Waals surface area (Å²) in [4.78, 5) is 23.1. The second kappa shape index (κ2) is 6.17. The number of rotatable bonds is 4. The van der Waals surface area contributed by atoms with Crippen molar-refractivity contribution in [1.29, 1.82) is 0 Å². The Morgan fingerprint density at radius 1 is 1.25 bits per heavy atom. The van der Waals surface area contributed by atoms with Gasteiger partial charge in [0, 0.05) is 10.0 Å². The zero-order valence-electron chi connectivity index (χ0n) is 9.97. The molecule has 0 spiro atoms. The van der Waals surface area contributed by atoms with E-state index in [0.717, 1.165) is 11.5 Å². The Morgan fingerprint density at radius 2 is 2.00 bits per heavy atom. The molecule has 0 saturated carbocycles. The lowest BCUT2D eigenvalue weighted by Gasteiger charge is -1.97. The molecule has 7 heteroatoms. The minimum atomic E-state index is -0.662. The number of aromatic nitrogens is 1. The fourth-order valence-electron chi connectivity index (χ4n) is 1.39. The number of benzene rings is 1. The number of hydrogen-bond donors (Lipinski definition) is 1. The summed E-state index contributed by atoms with van der Waals surface area (Å²) in [6, 6.07) is 6.33. The Balaban J connectivity index is 2.17. The van der Waals surface area contributed by atoms with Crippen LogP contribution in [-0.4, -0.2) is 16.1 Å². The molecule has 1 aromatic heterocycles. The van der Waals surface area contributed by atoms with Crippen molar-refractivity contribution in [2.45, 2.75) is 0 Å². The molecular formula is C13H8Cl2N2O2S. The highest BCUT2D eigenvalue weighted by molar-refractivity contribution is 7.08. The highest BCUT2D eigenvalue weighted by Gasteiger charge is 2.11. The van der Waals surface area contributed by atoms with Crippen molar-refractivity contribution in [2.24, 2.45) is 5.73 Å². The zero-order chi connectivity index (χ0) is 14.7. The number of carbonyl (C=O) groups is 2. The first kappa shape index (κ1) is 14.7. The van der Waals surface area contributed by atoms with Gasteiger partial charge in [-0.25, -0.2) is 0 Å². The smallest absolute Gasteiger partial charge is 0.268 e.